The lowest BCUT2D eigenvalue weighted by Crippen LogP contribution is -2.52. The fourth-order valence-electron chi connectivity index (χ4n) is 3.93. The van der Waals surface area contributed by atoms with E-state index < -0.39 is 6.10 Å². The van der Waals surface area contributed by atoms with Gasteiger partial charge < -0.3 is 9.84 Å². The number of ether oxygens (including phenoxy) is 1. The molecule has 0 aromatic carbocycles. The van der Waals surface area contributed by atoms with Crippen LogP contribution in [0.5, 0.6) is 0 Å². The van der Waals surface area contributed by atoms with Gasteiger partial charge in [-0.15, -0.1) is 0 Å². The van der Waals surface area contributed by atoms with Crippen molar-refractivity contribution in [2.45, 2.75) is 45.3 Å². The molecule has 18 heavy (non-hydrogen) atoms. The number of rotatable bonds is 0. The Morgan fingerprint density at radius 3 is 3.00 bits per heavy atom. The highest BCUT2D eigenvalue weighted by atomic mass is 16.6. The predicted octanol–water partition coefficient (Wildman–Crippen LogP) is 2.21. The zero-order valence-electron chi connectivity index (χ0n) is 11.0. The van der Waals surface area contributed by atoms with E-state index in [1.165, 1.54) is 5.57 Å². The lowest BCUT2D eigenvalue weighted by atomic mass is 9.55. The molecule has 0 radical (unpaired) electrons. The van der Waals surface area contributed by atoms with Crippen LogP contribution in [0.1, 0.15) is 33.1 Å². The van der Waals surface area contributed by atoms with Crippen LogP contribution in [0.15, 0.2) is 23.8 Å². The molecule has 98 valence electrons. The molecule has 3 aliphatic rings. The van der Waals surface area contributed by atoms with Gasteiger partial charge in [-0.25, -0.2) is 4.79 Å². The molecule has 0 aromatic rings. The van der Waals surface area contributed by atoms with Gasteiger partial charge in [-0.05, 0) is 18.8 Å². The number of aliphatic hydroxyl groups is 1. The second-order valence-electron chi connectivity index (χ2n) is 6.13. The maximum atomic E-state index is 11.6. The molecular weight excluding hydrogens is 228 g/mol. The fraction of sp³-hybridized carbons (Fsp3) is 0.667. The maximum Gasteiger partial charge on any atom is 0.334 e. The first kappa shape index (κ1) is 12.0. The Hall–Kier alpha value is -1.09. The molecule has 1 aliphatic heterocycles. The first-order valence-electron chi connectivity index (χ1n) is 6.73. The Morgan fingerprint density at radius 1 is 1.56 bits per heavy atom. The van der Waals surface area contributed by atoms with Crippen molar-refractivity contribution < 1.29 is 14.6 Å². The third-order valence-electron chi connectivity index (χ3n) is 5.41. The molecule has 1 saturated heterocycles. The van der Waals surface area contributed by atoms with Gasteiger partial charge in [0.05, 0.1) is 12.0 Å². The van der Waals surface area contributed by atoms with Crippen LogP contribution in [0.3, 0.4) is 0 Å². The van der Waals surface area contributed by atoms with E-state index in [-0.39, 0.29) is 23.4 Å². The van der Waals surface area contributed by atoms with Crippen LogP contribution in [0.25, 0.3) is 0 Å². The summed E-state index contributed by atoms with van der Waals surface area (Å²) in [5, 5.41) is 10.8. The minimum Gasteiger partial charge on any atom is -0.458 e. The largest absolute Gasteiger partial charge is 0.458 e. The molecule has 2 fully saturated rings. The molecule has 3 nitrogen and oxygen atoms in total. The minimum atomic E-state index is -0.559. The summed E-state index contributed by atoms with van der Waals surface area (Å²) in [4.78, 5) is 11.6. The summed E-state index contributed by atoms with van der Waals surface area (Å²) in [7, 11) is 0. The molecular formula is C15H20O3. The highest BCUT2D eigenvalue weighted by molar-refractivity contribution is 5.91. The lowest BCUT2D eigenvalue weighted by molar-refractivity contribution is -0.141. The number of carbonyl (C=O) groups excluding carboxylic acids is 1. The summed E-state index contributed by atoms with van der Waals surface area (Å²) >= 11 is 0. The highest BCUT2D eigenvalue weighted by Gasteiger charge is 2.57. The second-order valence-corrected chi connectivity index (χ2v) is 6.13. The van der Waals surface area contributed by atoms with Crippen molar-refractivity contribution in [2.75, 3.05) is 0 Å². The van der Waals surface area contributed by atoms with Gasteiger partial charge in [-0.1, -0.05) is 32.1 Å². The minimum absolute atomic E-state index is 0.204. The summed E-state index contributed by atoms with van der Waals surface area (Å²) in [5.41, 5.74) is 1.49. The van der Waals surface area contributed by atoms with E-state index in [0.29, 0.717) is 11.5 Å². The molecule has 1 N–H and O–H groups in total. The molecule has 0 bridgehead atoms. The van der Waals surface area contributed by atoms with Gasteiger partial charge >= 0.3 is 5.97 Å². The Bertz CT molecular complexity index is 451. The fourth-order valence-corrected chi connectivity index (χ4v) is 3.93. The Labute approximate surface area is 108 Å². The van der Waals surface area contributed by atoms with Gasteiger partial charge in [0.1, 0.15) is 6.10 Å². The van der Waals surface area contributed by atoms with Crippen molar-refractivity contribution in [3.05, 3.63) is 23.8 Å². The SMILES string of the molecule is C=C1C(=O)O[C@@H]2CC3=CCC[C@@H](C)[C@@]3(C)[C@H](O)[C@H]12. The van der Waals surface area contributed by atoms with E-state index >= 15 is 0 Å². The zero-order valence-corrected chi connectivity index (χ0v) is 11.0. The molecule has 0 spiro atoms. The summed E-state index contributed by atoms with van der Waals surface area (Å²) in [5.74, 6) is -0.128. The van der Waals surface area contributed by atoms with Gasteiger partial charge in [-0.2, -0.15) is 0 Å². The standard InChI is InChI=1S/C15H20O3/c1-8-5-4-6-10-7-11-12(9(2)14(17)18-11)13(16)15(8,10)3/h6,8,11-13,16H,2,4-5,7H2,1,3H3/t8-,11-,12-,13-,15-/m1/s1. The Morgan fingerprint density at radius 2 is 2.28 bits per heavy atom. The summed E-state index contributed by atoms with van der Waals surface area (Å²) in [6, 6.07) is 0. The van der Waals surface area contributed by atoms with Gasteiger partial charge in [0.15, 0.2) is 0 Å². The number of fused-ring (bicyclic) bond motifs is 2. The van der Waals surface area contributed by atoms with Crippen molar-refractivity contribution in [3.8, 4) is 0 Å². The topological polar surface area (TPSA) is 46.5 Å². The van der Waals surface area contributed by atoms with Crippen molar-refractivity contribution >= 4 is 5.97 Å². The van der Waals surface area contributed by atoms with Crippen LogP contribution in [0.2, 0.25) is 0 Å². The van der Waals surface area contributed by atoms with Crippen LogP contribution >= 0.6 is 0 Å². The first-order valence-corrected chi connectivity index (χ1v) is 6.73. The number of carbonyl (C=O) groups is 1. The molecule has 2 aliphatic carbocycles. The number of hydrogen-bond acceptors (Lipinski definition) is 3. The summed E-state index contributed by atoms with van der Waals surface area (Å²) in [6.45, 7) is 8.13. The molecule has 3 rings (SSSR count). The highest BCUT2D eigenvalue weighted by Crippen LogP contribution is 2.55. The van der Waals surface area contributed by atoms with Gasteiger partial charge in [0.2, 0.25) is 0 Å². The van der Waals surface area contributed by atoms with E-state index in [4.69, 9.17) is 4.74 Å². The summed E-state index contributed by atoms with van der Waals surface area (Å²) in [6.07, 6.45) is 4.38. The first-order chi connectivity index (χ1) is 8.46. The second kappa shape index (κ2) is 3.70. The third-order valence-corrected chi connectivity index (χ3v) is 5.41. The van der Waals surface area contributed by atoms with Crippen molar-refractivity contribution in [3.63, 3.8) is 0 Å². The van der Waals surface area contributed by atoms with E-state index in [2.05, 4.69) is 26.5 Å². The van der Waals surface area contributed by atoms with Crippen LogP contribution in [-0.2, 0) is 9.53 Å². The van der Waals surface area contributed by atoms with E-state index in [1.807, 2.05) is 0 Å². The summed E-state index contributed by atoms with van der Waals surface area (Å²) < 4.78 is 5.34. The monoisotopic (exact) mass is 248 g/mol. The molecule has 0 unspecified atom stereocenters. The van der Waals surface area contributed by atoms with Crippen LogP contribution < -0.4 is 0 Å². The van der Waals surface area contributed by atoms with Crippen molar-refractivity contribution in [1.82, 2.24) is 0 Å². The van der Waals surface area contributed by atoms with Crippen LogP contribution in [0.4, 0.5) is 0 Å². The van der Waals surface area contributed by atoms with Gasteiger partial charge in [0.25, 0.3) is 0 Å². The molecule has 0 amide bonds. The lowest BCUT2D eigenvalue weighted by Gasteiger charge is -2.51. The quantitative estimate of drug-likeness (QED) is 0.406. The van der Waals surface area contributed by atoms with Gasteiger partial charge in [0, 0.05) is 17.4 Å². The van der Waals surface area contributed by atoms with E-state index in [0.717, 1.165) is 19.3 Å². The predicted molar refractivity (Wildman–Crippen MR) is 67.7 cm³/mol. The van der Waals surface area contributed by atoms with E-state index in [1.54, 1.807) is 0 Å². The molecule has 5 atom stereocenters. The van der Waals surface area contributed by atoms with Crippen molar-refractivity contribution in [2.24, 2.45) is 17.3 Å². The molecule has 1 saturated carbocycles. The number of esters is 1. The van der Waals surface area contributed by atoms with Crippen LogP contribution in [0, 0.1) is 17.3 Å². The number of hydrogen-bond donors (Lipinski definition) is 1. The normalized spacial score (nSPS) is 47.2. The Balaban J connectivity index is 2.04. The zero-order chi connectivity index (χ0) is 13.1. The maximum absolute atomic E-state index is 11.6. The number of allylic oxidation sites excluding steroid dienone is 1. The molecule has 3 heteroatoms. The third kappa shape index (κ3) is 1.31. The smallest absolute Gasteiger partial charge is 0.334 e. The average Bonchev–Trinajstić information content (AvgIpc) is 2.60. The molecule has 1 heterocycles. The number of aliphatic hydroxyl groups excluding tert-OH is 1. The van der Waals surface area contributed by atoms with Gasteiger partial charge in [-0.3, -0.25) is 0 Å². The average molecular weight is 248 g/mol. The Kier molecular flexibility index (Phi) is 2.46. The van der Waals surface area contributed by atoms with E-state index in [9.17, 15) is 9.90 Å². The van der Waals surface area contributed by atoms with Crippen molar-refractivity contribution in [1.29, 1.82) is 0 Å². The van der Waals surface area contributed by atoms with Crippen LogP contribution in [-0.4, -0.2) is 23.3 Å². The molecule has 0 aromatic heterocycles.